The van der Waals surface area contributed by atoms with Crippen LogP contribution in [0.25, 0.3) is 0 Å². The maximum absolute atomic E-state index is 11.1. The first-order valence-corrected chi connectivity index (χ1v) is 40.9. The lowest BCUT2D eigenvalue weighted by Gasteiger charge is -2.48. The van der Waals surface area contributed by atoms with Crippen molar-refractivity contribution in [2.45, 2.75) is 301 Å². The molecule has 51 N–H and O–H groups in total. The second-order valence-corrected chi connectivity index (χ2v) is 29.3. The van der Waals surface area contributed by atoms with Crippen molar-refractivity contribution >= 4 is 31.4 Å². The van der Waals surface area contributed by atoms with Gasteiger partial charge in [-0.05, 0) is 6.42 Å². The summed E-state index contributed by atoms with van der Waals surface area (Å²) in [7, 11) is 0. The number of aliphatic hydroxyl groups is 49. The summed E-state index contributed by atoms with van der Waals surface area (Å²) in [6.07, 6.45) is -80.1. The Labute approximate surface area is 786 Å². The summed E-state index contributed by atoms with van der Waals surface area (Å²) in [5, 5.41) is 453. The molecule has 6 aliphatic rings. The lowest BCUT2D eigenvalue weighted by Crippen LogP contribution is -2.67. The molecule has 0 aromatic carbocycles. The van der Waals surface area contributed by atoms with E-state index in [-0.39, 0.29) is 61.6 Å². The Morgan fingerprint density at radius 2 is 0.493 bits per heavy atom. The zero-order chi connectivity index (χ0) is 107. The molecule has 0 radical (unpaired) electrons. The Morgan fingerprint density at radius 3 is 0.725 bits per heavy atom. The Bertz CT molecular complexity index is 2880. The third-order valence-corrected chi connectivity index (χ3v) is 19.2. The van der Waals surface area contributed by atoms with Crippen LogP contribution in [-0.2, 0) is 76.1 Å². The normalized spacial score (nSPS) is 34.7. The molecule has 0 aliphatic carbocycles. The smallest absolute Gasteiger partial charge is 0.412 e. The van der Waals surface area contributed by atoms with E-state index in [1.165, 1.54) is 0 Å². The molecule has 66 nitrogen and oxygen atoms in total. The van der Waals surface area contributed by atoms with E-state index in [1.54, 1.807) is 0 Å². The highest BCUT2D eigenvalue weighted by molar-refractivity contribution is 5.57. The third-order valence-electron chi connectivity index (χ3n) is 19.2. The van der Waals surface area contributed by atoms with Crippen molar-refractivity contribution in [3.05, 3.63) is 0 Å². The Kier molecular flexibility index (Phi) is 80.7. The van der Waals surface area contributed by atoms with Gasteiger partial charge in [0, 0.05) is 0 Å². The second kappa shape index (κ2) is 78.3. The van der Waals surface area contributed by atoms with Gasteiger partial charge in [0.15, 0.2) is 56.6 Å². The maximum atomic E-state index is 11.1. The Balaban J connectivity index is -0.000000318. The molecule has 47 unspecified atom stereocenters. The maximum Gasteiger partial charge on any atom is 1.00 e. The molecule has 47 atom stereocenters. The van der Waals surface area contributed by atoms with Gasteiger partial charge in [0.25, 0.3) is 0 Å². The van der Waals surface area contributed by atoms with Crippen molar-refractivity contribution in [1.29, 1.82) is 0 Å². The molecule has 6 aliphatic heterocycles. The first kappa shape index (κ1) is 142. The SMILES string of the molecule is CCC(O)CO.O.O=CC(O)C(O)C(O)C(O)CO.O=CC(O)C(O)C(O)C(O)CO.O=CC(O)C(O)CO.O=CCO.O=CCO.OCC(O)C(O)C(O)C(O)CO.OCC(O)C(O)CO.OCC1OC(OC2C(CO)OC(OC3C(CO)OC(OCC4OC(OC5C(CO)OC(OC6C(CO)OC(O)C(O)C6O)C(O)C5O)C(O)C(O)C4O)C(O)C3O)C(O)C2O)C(O)C(O)C1O.OCCO.[H+].[H+].[H+]. The van der Waals surface area contributed by atoms with Gasteiger partial charge in [-0.2, -0.15) is 0 Å². The van der Waals surface area contributed by atoms with Gasteiger partial charge in [0.1, 0.15) is 257 Å². The first-order chi connectivity index (χ1) is 64.3. The van der Waals surface area contributed by atoms with Gasteiger partial charge in [-0.1, -0.05) is 6.92 Å². The summed E-state index contributed by atoms with van der Waals surface area (Å²) in [5.41, 5.74) is 0. The zero-order valence-corrected chi connectivity index (χ0v) is 73.4. The van der Waals surface area contributed by atoms with E-state index in [0.717, 1.165) is 0 Å². The monoisotopic (exact) mass is 2070 g/mol. The highest BCUT2D eigenvalue weighted by Gasteiger charge is 2.57. The molecule has 6 rings (SSSR count). The van der Waals surface area contributed by atoms with E-state index in [4.69, 9.17) is 210 Å². The molecular formula is C72H147O66+3. The standard InChI is InChI=1S/C36H62O31.C6H14O6.2C6H12O6.C4H10O4.C4H8O4.C4H10O2.C2H6O2.2C2H4O2.H2O/c37-1-7-13(42)15(44)22(51)33(59-7)65-29-10(4-40)62-36(26(55)19(29)48)67-28-9(3-39)60-32(24(53)18(28)47)57-6-12-14(43)16(45)23(52)34(63-12)66-30-11(5-41)61-35(25(54)20(30)49)64-27-8(2-38)58-31(56)21(50)17(27)46;3*7-1-3(9)5(11)6(12)4(10)2-8;2*5-1-3(7)4(8)2-6;1-2-4(6)3-5;3*3-1-2-4;/h7-56H,1-6H2;3-12H,1-2H2;2*1,3-6,8-12H,2H2;3-8H,1-2H2;1,3-4,6-8H,2H2;4-6H,2-3H2,1H3;3-4H,1-2H2;2*1,4H,2H2;1H2/p+3. The number of aldehydes is 5. The summed E-state index contributed by atoms with van der Waals surface area (Å²) >= 11 is 0. The Hall–Kier alpha value is -4.09. The van der Waals surface area contributed by atoms with Crippen LogP contribution in [0.15, 0.2) is 0 Å². The number of hydrogen-bond acceptors (Lipinski definition) is 65. The van der Waals surface area contributed by atoms with Gasteiger partial charge in [0.2, 0.25) is 0 Å². The molecule has 6 saturated heterocycles. The van der Waals surface area contributed by atoms with Gasteiger partial charge < -0.3 is 332 Å². The fraction of sp³-hybridized carbons (Fsp3) is 0.931. The van der Waals surface area contributed by atoms with Crippen molar-refractivity contribution in [1.82, 2.24) is 0 Å². The van der Waals surface area contributed by atoms with E-state index in [1.807, 2.05) is 6.92 Å². The van der Waals surface area contributed by atoms with E-state index in [0.29, 0.717) is 19.0 Å². The van der Waals surface area contributed by atoms with Crippen LogP contribution in [0.5, 0.6) is 0 Å². The largest absolute Gasteiger partial charge is 1.00 e. The van der Waals surface area contributed by atoms with Crippen LogP contribution >= 0.6 is 0 Å². The number of ether oxygens (including phenoxy) is 11. The van der Waals surface area contributed by atoms with E-state index >= 15 is 0 Å². The summed E-state index contributed by atoms with van der Waals surface area (Å²) in [6, 6.07) is 0. The van der Waals surface area contributed by atoms with Crippen molar-refractivity contribution in [2.24, 2.45) is 0 Å². The fourth-order valence-corrected chi connectivity index (χ4v) is 10.9. The van der Waals surface area contributed by atoms with Crippen LogP contribution in [0, 0.1) is 0 Å². The summed E-state index contributed by atoms with van der Waals surface area (Å²) in [6.45, 7) is -9.33. The number of rotatable bonds is 42. The predicted octanol–water partition coefficient (Wildman–Crippen LogP) is -32.3. The molecule has 138 heavy (non-hydrogen) atoms. The molecule has 0 aromatic heterocycles. The molecule has 0 bridgehead atoms. The lowest BCUT2D eigenvalue weighted by atomic mass is 9.96. The predicted molar refractivity (Wildman–Crippen MR) is 434 cm³/mol. The molecule has 0 amide bonds. The number of aliphatic hydroxyl groups excluding tert-OH is 49. The Morgan fingerprint density at radius 1 is 0.261 bits per heavy atom. The molecule has 66 heteroatoms. The average molecular weight is 2070 g/mol. The highest BCUT2D eigenvalue weighted by Crippen LogP contribution is 2.36. The summed E-state index contributed by atoms with van der Waals surface area (Å²) in [4.78, 5) is 47.2. The van der Waals surface area contributed by atoms with Crippen molar-refractivity contribution in [3.63, 3.8) is 0 Å². The zero-order valence-electron chi connectivity index (χ0n) is 76.4. The van der Waals surface area contributed by atoms with Crippen LogP contribution in [0.1, 0.15) is 17.6 Å². The number of carbonyl (C=O) groups is 5. The van der Waals surface area contributed by atoms with Crippen molar-refractivity contribution in [2.75, 3.05) is 119 Å². The average Bonchev–Trinajstić information content (AvgIpc) is 0.776. The van der Waals surface area contributed by atoms with Crippen LogP contribution in [0.3, 0.4) is 0 Å². The van der Waals surface area contributed by atoms with E-state index in [9.17, 15) is 117 Å². The highest BCUT2D eigenvalue weighted by atomic mass is 16.8. The molecule has 0 aromatic rings. The van der Waals surface area contributed by atoms with Crippen LogP contribution in [-0.4, -0.2) is 694 Å². The minimum atomic E-state index is -2.10. The number of carbonyl (C=O) groups excluding carboxylic acids is 5. The van der Waals surface area contributed by atoms with E-state index in [2.05, 4.69) is 0 Å². The molecular weight excluding hydrogens is 1920 g/mol. The fourth-order valence-electron chi connectivity index (χ4n) is 10.9. The van der Waals surface area contributed by atoms with Gasteiger partial charge in [-0.25, -0.2) is 0 Å². The molecule has 6 heterocycles. The molecule has 0 saturated carbocycles. The number of hydrogen-bond donors (Lipinski definition) is 49. The topological polar surface area (TPSA) is 1210 Å². The van der Waals surface area contributed by atoms with Gasteiger partial charge in [-0.3, -0.25) is 0 Å². The summed E-state index contributed by atoms with van der Waals surface area (Å²) in [5.74, 6) is 0. The molecule has 0 spiro atoms. The summed E-state index contributed by atoms with van der Waals surface area (Å²) < 4.78 is 60.3. The van der Waals surface area contributed by atoms with Crippen molar-refractivity contribution in [3.8, 4) is 0 Å². The van der Waals surface area contributed by atoms with Crippen LogP contribution in [0.4, 0.5) is 0 Å². The molecule has 6 fully saturated rings. The quantitative estimate of drug-likeness (QED) is 0.0252. The first-order valence-electron chi connectivity index (χ1n) is 40.9. The van der Waals surface area contributed by atoms with Gasteiger partial charge >= 0.3 is 4.28 Å². The van der Waals surface area contributed by atoms with E-state index < -0.39 is 374 Å². The molecule has 828 valence electrons. The van der Waals surface area contributed by atoms with Crippen molar-refractivity contribution < 1.29 is 336 Å². The van der Waals surface area contributed by atoms with Gasteiger partial charge in [0.05, 0.1) is 125 Å². The van der Waals surface area contributed by atoms with Crippen LogP contribution in [0.2, 0.25) is 0 Å². The minimum absolute atomic E-state index is 0. The second-order valence-electron chi connectivity index (χ2n) is 29.3. The third kappa shape index (κ3) is 47.6. The lowest BCUT2D eigenvalue weighted by molar-refractivity contribution is -0.385. The van der Waals surface area contributed by atoms with Gasteiger partial charge in [-0.15, -0.1) is 0 Å². The van der Waals surface area contributed by atoms with Crippen LogP contribution < -0.4 is 0 Å². The minimum Gasteiger partial charge on any atom is -0.412 e.